The fourth-order valence-electron chi connectivity index (χ4n) is 3.19. The molecule has 150 valence electrons. The number of hydrogen-bond acceptors (Lipinski definition) is 4. The monoisotopic (exact) mass is 399 g/mol. The molecule has 0 unspecified atom stereocenters. The normalized spacial score (nSPS) is 10.7. The lowest BCUT2D eigenvalue weighted by atomic mass is 10.2. The molecule has 1 aromatic carbocycles. The number of para-hydroxylation sites is 1. The summed E-state index contributed by atoms with van der Waals surface area (Å²) in [4.78, 5) is 35.9. The fraction of sp³-hybridized carbons (Fsp3) is 0.130. The Bertz CT molecular complexity index is 1170. The molecular formula is C23H21N5O2. The standard InChI is InChI=1S/C23H21N5O2/c1-27(16-12-17-10-13-24-14-11-17)23(30)21-26-20(19-9-5-6-15-28(19)21)22(29)25-18-7-3-2-4-8-18/h2-11,13-15H,12,16H2,1H3,(H,25,29). The molecule has 0 saturated carbocycles. The van der Waals surface area contributed by atoms with E-state index in [2.05, 4.69) is 15.3 Å². The van der Waals surface area contributed by atoms with Crippen LogP contribution in [-0.4, -0.2) is 44.7 Å². The second-order valence-electron chi connectivity index (χ2n) is 6.89. The molecule has 0 fully saturated rings. The van der Waals surface area contributed by atoms with Crippen molar-refractivity contribution in [3.05, 3.63) is 96.3 Å². The van der Waals surface area contributed by atoms with Crippen molar-refractivity contribution in [1.29, 1.82) is 0 Å². The Morgan fingerprint density at radius 2 is 1.73 bits per heavy atom. The first-order valence-electron chi connectivity index (χ1n) is 9.61. The van der Waals surface area contributed by atoms with E-state index in [9.17, 15) is 9.59 Å². The molecule has 0 saturated heterocycles. The summed E-state index contributed by atoms with van der Waals surface area (Å²) in [5.74, 6) is -0.395. The lowest BCUT2D eigenvalue weighted by Gasteiger charge is -2.16. The summed E-state index contributed by atoms with van der Waals surface area (Å²) in [6.07, 6.45) is 5.91. The van der Waals surface area contributed by atoms with Gasteiger partial charge >= 0.3 is 0 Å². The maximum absolute atomic E-state index is 13.1. The third kappa shape index (κ3) is 4.05. The van der Waals surface area contributed by atoms with Gasteiger partial charge in [-0.1, -0.05) is 24.3 Å². The molecule has 2 amide bonds. The number of aromatic nitrogens is 3. The third-order valence-electron chi connectivity index (χ3n) is 4.82. The summed E-state index contributed by atoms with van der Waals surface area (Å²) >= 11 is 0. The highest BCUT2D eigenvalue weighted by Gasteiger charge is 2.23. The van der Waals surface area contributed by atoms with Gasteiger partial charge in [0.1, 0.15) is 0 Å². The molecule has 0 aliphatic heterocycles. The molecule has 3 aromatic heterocycles. The molecule has 4 rings (SSSR count). The van der Waals surface area contributed by atoms with E-state index in [-0.39, 0.29) is 23.3 Å². The number of nitrogens with one attached hydrogen (secondary N) is 1. The van der Waals surface area contributed by atoms with Gasteiger partial charge in [0, 0.05) is 37.9 Å². The average molecular weight is 399 g/mol. The topological polar surface area (TPSA) is 79.6 Å². The van der Waals surface area contributed by atoms with Crippen molar-refractivity contribution in [3.8, 4) is 0 Å². The number of imidazole rings is 1. The number of hydrogen-bond donors (Lipinski definition) is 1. The minimum absolute atomic E-state index is 0.209. The molecule has 7 nitrogen and oxygen atoms in total. The zero-order valence-electron chi connectivity index (χ0n) is 16.5. The SMILES string of the molecule is CN(CCc1ccncc1)C(=O)c1nc(C(=O)Nc2ccccc2)c2ccccn12. The summed E-state index contributed by atoms with van der Waals surface area (Å²) in [5, 5.41) is 2.83. The minimum atomic E-state index is -0.358. The number of amides is 2. The first-order valence-corrected chi connectivity index (χ1v) is 9.61. The van der Waals surface area contributed by atoms with E-state index in [1.807, 2.05) is 36.4 Å². The van der Waals surface area contributed by atoms with E-state index < -0.39 is 0 Å². The molecule has 0 atom stereocenters. The second-order valence-corrected chi connectivity index (χ2v) is 6.89. The molecule has 0 radical (unpaired) electrons. The second kappa shape index (κ2) is 8.57. The number of fused-ring (bicyclic) bond motifs is 1. The van der Waals surface area contributed by atoms with E-state index >= 15 is 0 Å². The van der Waals surface area contributed by atoms with Crippen molar-refractivity contribution < 1.29 is 9.59 Å². The van der Waals surface area contributed by atoms with Crippen molar-refractivity contribution in [2.45, 2.75) is 6.42 Å². The molecular weight excluding hydrogens is 378 g/mol. The third-order valence-corrected chi connectivity index (χ3v) is 4.82. The quantitative estimate of drug-likeness (QED) is 0.540. The number of pyridine rings is 2. The highest BCUT2D eigenvalue weighted by molar-refractivity contribution is 6.08. The van der Waals surface area contributed by atoms with Crippen LogP contribution >= 0.6 is 0 Å². The van der Waals surface area contributed by atoms with E-state index in [1.54, 1.807) is 59.2 Å². The van der Waals surface area contributed by atoms with E-state index in [0.717, 1.165) is 5.56 Å². The molecule has 0 bridgehead atoms. The number of anilines is 1. The van der Waals surface area contributed by atoms with Gasteiger partial charge in [-0.2, -0.15) is 0 Å². The molecule has 30 heavy (non-hydrogen) atoms. The maximum Gasteiger partial charge on any atom is 0.290 e. The first-order chi connectivity index (χ1) is 14.6. The zero-order valence-corrected chi connectivity index (χ0v) is 16.5. The van der Waals surface area contributed by atoms with Crippen LogP contribution in [0.5, 0.6) is 0 Å². The largest absolute Gasteiger partial charge is 0.339 e. The Kier molecular flexibility index (Phi) is 5.52. The summed E-state index contributed by atoms with van der Waals surface area (Å²) < 4.78 is 1.66. The van der Waals surface area contributed by atoms with Gasteiger partial charge in [0.2, 0.25) is 5.82 Å². The van der Waals surface area contributed by atoms with Crippen LogP contribution in [0.25, 0.3) is 5.52 Å². The maximum atomic E-state index is 13.1. The molecule has 0 aliphatic carbocycles. The lowest BCUT2D eigenvalue weighted by Crippen LogP contribution is -2.30. The van der Waals surface area contributed by atoms with Crippen LogP contribution in [0, 0.1) is 0 Å². The molecule has 3 heterocycles. The van der Waals surface area contributed by atoms with Crippen molar-refractivity contribution in [3.63, 3.8) is 0 Å². The Morgan fingerprint density at radius 1 is 1.00 bits per heavy atom. The smallest absolute Gasteiger partial charge is 0.290 e. The molecule has 1 N–H and O–H groups in total. The highest BCUT2D eigenvalue weighted by atomic mass is 16.2. The molecule has 4 aromatic rings. The van der Waals surface area contributed by atoms with Crippen molar-refractivity contribution in [2.24, 2.45) is 0 Å². The van der Waals surface area contributed by atoms with Gasteiger partial charge in [-0.05, 0) is 48.4 Å². The van der Waals surface area contributed by atoms with E-state index in [4.69, 9.17) is 0 Å². The van der Waals surface area contributed by atoms with Gasteiger partial charge < -0.3 is 10.2 Å². The number of nitrogens with zero attached hydrogens (tertiary/aromatic N) is 4. The minimum Gasteiger partial charge on any atom is -0.339 e. The van der Waals surface area contributed by atoms with Gasteiger partial charge in [-0.3, -0.25) is 19.0 Å². The number of carbonyl (C=O) groups excluding carboxylic acids is 2. The Balaban J connectivity index is 1.58. The van der Waals surface area contributed by atoms with Gasteiger partial charge in [0.05, 0.1) is 5.52 Å². The number of likely N-dealkylation sites (N-methyl/N-ethyl adjacent to an activating group) is 1. The molecule has 7 heteroatoms. The number of rotatable bonds is 6. The summed E-state index contributed by atoms with van der Waals surface area (Å²) in [6, 6.07) is 18.4. The van der Waals surface area contributed by atoms with Crippen molar-refractivity contribution in [1.82, 2.24) is 19.3 Å². The predicted octanol–water partition coefficient (Wildman–Crippen LogP) is 3.30. The van der Waals surface area contributed by atoms with Crippen LogP contribution in [0.2, 0.25) is 0 Å². The van der Waals surface area contributed by atoms with Crippen molar-refractivity contribution in [2.75, 3.05) is 18.9 Å². The van der Waals surface area contributed by atoms with E-state index in [1.165, 1.54) is 0 Å². The van der Waals surface area contributed by atoms with Gasteiger partial charge in [-0.15, -0.1) is 0 Å². The van der Waals surface area contributed by atoms with E-state index in [0.29, 0.717) is 24.2 Å². The van der Waals surface area contributed by atoms with Gasteiger partial charge in [-0.25, -0.2) is 4.98 Å². The number of carbonyl (C=O) groups is 2. The molecule has 0 spiro atoms. The Morgan fingerprint density at radius 3 is 2.50 bits per heavy atom. The van der Waals surface area contributed by atoms with Crippen LogP contribution in [0.3, 0.4) is 0 Å². The number of benzene rings is 1. The fourth-order valence-corrected chi connectivity index (χ4v) is 3.19. The zero-order chi connectivity index (χ0) is 20.9. The predicted molar refractivity (Wildman–Crippen MR) is 114 cm³/mol. The summed E-state index contributed by atoms with van der Waals surface area (Å²) in [5.41, 5.74) is 2.56. The lowest BCUT2D eigenvalue weighted by molar-refractivity contribution is 0.0784. The van der Waals surface area contributed by atoms with Crippen LogP contribution < -0.4 is 5.32 Å². The molecule has 0 aliphatic rings. The average Bonchev–Trinajstić information content (AvgIpc) is 3.18. The summed E-state index contributed by atoms with van der Waals surface area (Å²) in [7, 11) is 1.73. The van der Waals surface area contributed by atoms with Gasteiger partial charge in [0.15, 0.2) is 5.69 Å². The Hall–Kier alpha value is -4.00. The van der Waals surface area contributed by atoms with Crippen LogP contribution in [0.4, 0.5) is 5.69 Å². The Labute approximate surface area is 174 Å². The van der Waals surface area contributed by atoms with Gasteiger partial charge in [0.25, 0.3) is 11.8 Å². The summed E-state index contributed by atoms with van der Waals surface area (Å²) in [6.45, 7) is 0.524. The van der Waals surface area contributed by atoms with Crippen LogP contribution in [0.1, 0.15) is 26.7 Å². The highest BCUT2D eigenvalue weighted by Crippen LogP contribution is 2.17. The first kappa shape index (κ1) is 19.3. The van der Waals surface area contributed by atoms with Crippen LogP contribution in [-0.2, 0) is 6.42 Å². The van der Waals surface area contributed by atoms with Crippen LogP contribution in [0.15, 0.2) is 79.3 Å². The van der Waals surface area contributed by atoms with Crippen molar-refractivity contribution >= 4 is 23.0 Å².